The maximum absolute atomic E-state index is 13.4. The zero-order valence-corrected chi connectivity index (χ0v) is 11.4. The van der Waals surface area contributed by atoms with E-state index in [0.29, 0.717) is 26.1 Å². The molecule has 0 spiro atoms. The van der Waals surface area contributed by atoms with Crippen LogP contribution in [0.3, 0.4) is 0 Å². The van der Waals surface area contributed by atoms with Crippen LogP contribution in [-0.4, -0.2) is 41.7 Å². The van der Waals surface area contributed by atoms with Gasteiger partial charge in [-0.05, 0) is 24.8 Å². The van der Waals surface area contributed by atoms with Gasteiger partial charge in [0.1, 0.15) is 0 Å². The summed E-state index contributed by atoms with van der Waals surface area (Å²) in [5.41, 5.74) is -0.138. The smallest absolute Gasteiger partial charge is 0.308 e. The maximum atomic E-state index is 13.4. The molecule has 114 valence electrons. The number of hydrogen-bond donors (Lipinski definition) is 2. The third-order valence-corrected chi connectivity index (χ3v) is 3.65. The van der Waals surface area contributed by atoms with Gasteiger partial charge in [0.25, 0.3) is 5.91 Å². The van der Waals surface area contributed by atoms with Gasteiger partial charge in [0.2, 0.25) is 0 Å². The van der Waals surface area contributed by atoms with Crippen LogP contribution in [0.4, 0.5) is 4.39 Å². The van der Waals surface area contributed by atoms with Crippen LogP contribution in [0.15, 0.2) is 18.5 Å². The van der Waals surface area contributed by atoms with Crippen LogP contribution < -0.4 is 5.32 Å². The van der Waals surface area contributed by atoms with E-state index in [1.165, 1.54) is 12.3 Å². The Morgan fingerprint density at radius 1 is 1.48 bits per heavy atom. The first-order valence-electron chi connectivity index (χ1n) is 6.78. The number of aromatic nitrogens is 1. The quantitative estimate of drug-likeness (QED) is 0.848. The Bertz CT molecular complexity index is 517. The molecule has 0 aliphatic carbocycles. The summed E-state index contributed by atoms with van der Waals surface area (Å²) in [4.78, 5) is 26.8. The van der Waals surface area contributed by atoms with Crippen molar-refractivity contribution in [3.05, 3.63) is 29.8 Å². The Hall–Kier alpha value is -2.02. The molecule has 21 heavy (non-hydrogen) atoms. The van der Waals surface area contributed by atoms with Gasteiger partial charge in [0, 0.05) is 26.0 Å². The molecule has 1 amide bonds. The van der Waals surface area contributed by atoms with Crippen LogP contribution in [0.2, 0.25) is 0 Å². The number of aliphatic carboxylic acids is 1. The molecular formula is C14H17FN2O4. The maximum Gasteiger partial charge on any atom is 0.308 e. The monoisotopic (exact) mass is 296 g/mol. The number of carboxylic acid groups (broad SMARTS) is 1. The molecule has 1 saturated heterocycles. The molecule has 1 atom stereocenters. The van der Waals surface area contributed by atoms with Crippen molar-refractivity contribution in [2.75, 3.05) is 19.8 Å². The van der Waals surface area contributed by atoms with Crippen LogP contribution >= 0.6 is 0 Å². The van der Waals surface area contributed by atoms with Gasteiger partial charge in [-0.2, -0.15) is 0 Å². The highest BCUT2D eigenvalue weighted by Crippen LogP contribution is 2.23. The lowest BCUT2D eigenvalue weighted by molar-refractivity contribution is -0.144. The predicted molar refractivity (Wildman–Crippen MR) is 71.2 cm³/mol. The molecule has 0 radical (unpaired) electrons. The van der Waals surface area contributed by atoms with E-state index in [2.05, 4.69) is 10.3 Å². The summed E-state index contributed by atoms with van der Waals surface area (Å²) >= 11 is 0. The lowest BCUT2D eigenvalue weighted by Gasteiger charge is -2.27. The summed E-state index contributed by atoms with van der Waals surface area (Å²) in [7, 11) is 0. The summed E-state index contributed by atoms with van der Waals surface area (Å²) < 4.78 is 18.6. The minimum atomic E-state index is -0.961. The molecular weight excluding hydrogens is 279 g/mol. The van der Waals surface area contributed by atoms with Crippen LogP contribution in [0.25, 0.3) is 0 Å². The van der Waals surface area contributed by atoms with Gasteiger partial charge in [-0.3, -0.25) is 14.6 Å². The van der Waals surface area contributed by atoms with Gasteiger partial charge >= 0.3 is 5.97 Å². The highest BCUT2D eigenvalue weighted by molar-refractivity contribution is 5.94. The third kappa shape index (κ3) is 3.98. The van der Waals surface area contributed by atoms with E-state index in [0.717, 1.165) is 6.20 Å². The minimum absolute atomic E-state index is 0.0272. The SMILES string of the molecule is O=C(NCC(C(=O)O)C1CCOCC1)c1ccncc1F. The number of hydrogen-bond acceptors (Lipinski definition) is 4. The van der Waals surface area contributed by atoms with Crippen LogP contribution in [0.1, 0.15) is 23.2 Å². The molecule has 7 heteroatoms. The molecule has 1 aromatic rings. The lowest BCUT2D eigenvalue weighted by atomic mass is 9.86. The second kappa shape index (κ2) is 7.12. The number of carboxylic acids is 1. The Kier molecular flexibility index (Phi) is 5.21. The Morgan fingerprint density at radius 2 is 2.19 bits per heavy atom. The fraction of sp³-hybridized carbons (Fsp3) is 0.500. The second-order valence-corrected chi connectivity index (χ2v) is 4.96. The van der Waals surface area contributed by atoms with E-state index in [1.54, 1.807) is 0 Å². The van der Waals surface area contributed by atoms with Crippen molar-refractivity contribution < 1.29 is 23.8 Å². The zero-order chi connectivity index (χ0) is 15.2. The third-order valence-electron chi connectivity index (χ3n) is 3.65. The highest BCUT2D eigenvalue weighted by Gasteiger charge is 2.30. The highest BCUT2D eigenvalue weighted by atomic mass is 19.1. The lowest BCUT2D eigenvalue weighted by Crippen LogP contribution is -2.39. The molecule has 2 rings (SSSR count). The zero-order valence-electron chi connectivity index (χ0n) is 11.4. The van der Waals surface area contributed by atoms with E-state index < -0.39 is 23.6 Å². The van der Waals surface area contributed by atoms with E-state index in [1.807, 2.05) is 0 Å². The molecule has 1 aliphatic heterocycles. The average Bonchev–Trinajstić information content (AvgIpc) is 2.48. The van der Waals surface area contributed by atoms with Crippen molar-refractivity contribution in [2.24, 2.45) is 11.8 Å². The van der Waals surface area contributed by atoms with Crippen molar-refractivity contribution in [1.29, 1.82) is 0 Å². The van der Waals surface area contributed by atoms with Crippen LogP contribution in [0.5, 0.6) is 0 Å². The first-order chi connectivity index (χ1) is 10.1. The van der Waals surface area contributed by atoms with Crippen molar-refractivity contribution in [2.45, 2.75) is 12.8 Å². The molecule has 1 unspecified atom stereocenters. The van der Waals surface area contributed by atoms with Crippen molar-refractivity contribution in [3.63, 3.8) is 0 Å². The van der Waals surface area contributed by atoms with Crippen molar-refractivity contribution in [3.8, 4) is 0 Å². The van der Waals surface area contributed by atoms with E-state index in [9.17, 15) is 19.1 Å². The number of pyridine rings is 1. The van der Waals surface area contributed by atoms with Gasteiger partial charge in [-0.25, -0.2) is 4.39 Å². The Labute approximate surface area is 121 Å². The molecule has 1 fully saturated rings. The summed E-state index contributed by atoms with van der Waals surface area (Å²) in [5, 5.41) is 11.8. The van der Waals surface area contributed by atoms with Crippen molar-refractivity contribution >= 4 is 11.9 Å². The van der Waals surface area contributed by atoms with Crippen LogP contribution in [0, 0.1) is 17.7 Å². The fourth-order valence-corrected chi connectivity index (χ4v) is 2.43. The number of carbonyl (C=O) groups is 2. The predicted octanol–water partition coefficient (Wildman–Crippen LogP) is 1.08. The summed E-state index contributed by atoms with van der Waals surface area (Å²) in [6, 6.07) is 1.26. The largest absolute Gasteiger partial charge is 0.481 e. The molecule has 6 nitrogen and oxygen atoms in total. The Balaban J connectivity index is 1.97. The number of nitrogens with zero attached hydrogens (tertiary/aromatic N) is 1. The van der Waals surface area contributed by atoms with Crippen LogP contribution in [-0.2, 0) is 9.53 Å². The van der Waals surface area contributed by atoms with Gasteiger partial charge in [-0.1, -0.05) is 0 Å². The topological polar surface area (TPSA) is 88.5 Å². The number of halogens is 1. The molecule has 0 bridgehead atoms. The molecule has 0 aromatic carbocycles. The molecule has 0 saturated carbocycles. The number of rotatable bonds is 5. The van der Waals surface area contributed by atoms with E-state index >= 15 is 0 Å². The molecule has 1 aromatic heterocycles. The molecule has 2 heterocycles. The van der Waals surface area contributed by atoms with E-state index in [-0.39, 0.29) is 18.0 Å². The van der Waals surface area contributed by atoms with Crippen molar-refractivity contribution in [1.82, 2.24) is 10.3 Å². The first kappa shape index (κ1) is 15.4. The number of ether oxygens (including phenoxy) is 1. The number of nitrogens with one attached hydrogen (secondary N) is 1. The first-order valence-corrected chi connectivity index (χ1v) is 6.78. The second-order valence-electron chi connectivity index (χ2n) is 4.96. The van der Waals surface area contributed by atoms with Gasteiger partial charge in [-0.15, -0.1) is 0 Å². The summed E-state index contributed by atoms with van der Waals surface area (Å²) in [5.74, 6) is -3.06. The number of amides is 1. The standard InChI is InChI=1S/C14H17FN2O4/c15-12-8-16-4-1-10(12)13(18)17-7-11(14(19)20)9-2-5-21-6-3-9/h1,4,8-9,11H,2-3,5-7H2,(H,17,18)(H,19,20). The molecule has 2 N–H and O–H groups in total. The fourth-order valence-electron chi connectivity index (χ4n) is 2.43. The summed E-state index contributed by atoms with van der Waals surface area (Å²) in [6.07, 6.45) is 3.56. The normalized spacial score (nSPS) is 17.2. The Morgan fingerprint density at radius 3 is 2.81 bits per heavy atom. The van der Waals surface area contributed by atoms with Gasteiger partial charge in [0.15, 0.2) is 5.82 Å². The minimum Gasteiger partial charge on any atom is -0.481 e. The van der Waals surface area contributed by atoms with E-state index in [4.69, 9.17) is 4.74 Å². The van der Waals surface area contributed by atoms with Gasteiger partial charge < -0.3 is 15.2 Å². The average molecular weight is 296 g/mol. The number of carbonyl (C=O) groups excluding carboxylic acids is 1. The molecule has 1 aliphatic rings. The van der Waals surface area contributed by atoms with Gasteiger partial charge in [0.05, 0.1) is 17.7 Å². The summed E-state index contributed by atoms with van der Waals surface area (Å²) in [6.45, 7) is 1.03.